The smallest absolute Gasteiger partial charge is 0.261 e. The van der Waals surface area contributed by atoms with Crippen LogP contribution in [0.3, 0.4) is 0 Å². The Morgan fingerprint density at radius 2 is 1.75 bits per heavy atom. The standard InChI is InChI=1S/C23H30FN3O4S/c1-17(2)15-19(27-11-13-31-14-12-27)16-25-23(28)21-5-3-4-6-22(21)26-32(29,30)20-9-7-18(24)8-10-20/h3-10,17,19,26H,11-16H2,1-2H3,(H,25,28). The molecular formula is C23H30FN3O4S. The number of carbonyl (C=O) groups is 1. The number of carbonyl (C=O) groups excluding carboxylic acids is 1. The van der Waals surface area contributed by atoms with Crippen molar-refractivity contribution < 1.29 is 22.3 Å². The fourth-order valence-electron chi connectivity index (χ4n) is 3.74. The minimum absolute atomic E-state index is 0.0848. The minimum Gasteiger partial charge on any atom is -0.379 e. The van der Waals surface area contributed by atoms with Gasteiger partial charge in [0.05, 0.1) is 29.4 Å². The number of hydrogen-bond acceptors (Lipinski definition) is 5. The van der Waals surface area contributed by atoms with Gasteiger partial charge in [-0.3, -0.25) is 14.4 Å². The summed E-state index contributed by atoms with van der Waals surface area (Å²) in [6.07, 6.45) is 0.930. The highest BCUT2D eigenvalue weighted by Gasteiger charge is 2.24. The first kappa shape index (κ1) is 24.2. The molecule has 174 valence electrons. The van der Waals surface area contributed by atoms with Crippen molar-refractivity contribution >= 4 is 21.6 Å². The fourth-order valence-corrected chi connectivity index (χ4v) is 4.82. The van der Waals surface area contributed by atoms with E-state index in [-0.39, 0.29) is 28.1 Å². The number of nitrogens with one attached hydrogen (secondary N) is 2. The molecular weight excluding hydrogens is 433 g/mol. The van der Waals surface area contributed by atoms with E-state index in [0.29, 0.717) is 25.7 Å². The molecule has 1 heterocycles. The lowest BCUT2D eigenvalue weighted by Gasteiger charge is -2.35. The number of halogens is 1. The predicted molar refractivity (Wildman–Crippen MR) is 122 cm³/mol. The second-order valence-corrected chi connectivity index (χ2v) is 9.93. The third kappa shape index (κ3) is 6.51. The average molecular weight is 464 g/mol. The summed E-state index contributed by atoms with van der Waals surface area (Å²) in [5.74, 6) is -0.418. The van der Waals surface area contributed by atoms with Crippen LogP contribution < -0.4 is 10.0 Å². The van der Waals surface area contributed by atoms with Gasteiger partial charge in [0, 0.05) is 25.7 Å². The first-order valence-corrected chi connectivity index (χ1v) is 12.2. The number of rotatable bonds is 9. The van der Waals surface area contributed by atoms with Crippen LogP contribution >= 0.6 is 0 Å². The summed E-state index contributed by atoms with van der Waals surface area (Å²) in [7, 11) is -3.97. The number of sulfonamides is 1. The van der Waals surface area contributed by atoms with Crippen molar-refractivity contribution in [2.24, 2.45) is 5.92 Å². The number of ether oxygens (including phenoxy) is 1. The SMILES string of the molecule is CC(C)CC(CNC(=O)c1ccccc1NS(=O)(=O)c1ccc(F)cc1)N1CCOCC1. The number of para-hydroxylation sites is 1. The third-order valence-electron chi connectivity index (χ3n) is 5.34. The lowest BCUT2D eigenvalue weighted by Crippen LogP contribution is -2.49. The summed E-state index contributed by atoms with van der Waals surface area (Å²) < 4.78 is 46.4. The molecule has 32 heavy (non-hydrogen) atoms. The largest absolute Gasteiger partial charge is 0.379 e. The molecule has 9 heteroatoms. The maximum Gasteiger partial charge on any atom is 0.261 e. The molecule has 0 spiro atoms. The molecule has 1 fully saturated rings. The summed E-state index contributed by atoms with van der Waals surface area (Å²) in [6.45, 7) is 7.75. The van der Waals surface area contributed by atoms with Crippen molar-refractivity contribution in [2.45, 2.75) is 31.2 Å². The zero-order valence-corrected chi connectivity index (χ0v) is 19.2. The van der Waals surface area contributed by atoms with Crippen LogP contribution in [0.2, 0.25) is 0 Å². The van der Waals surface area contributed by atoms with Crippen LogP contribution in [-0.4, -0.2) is 58.1 Å². The van der Waals surface area contributed by atoms with Gasteiger partial charge < -0.3 is 10.1 Å². The van der Waals surface area contributed by atoms with E-state index in [9.17, 15) is 17.6 Å². The van der Waals surface area contributed by atoms with E-state index >= 15 is 0 Å². The molecule has 1 amide bonds. The van der Waals surface area contributed by atoms with Crippen LogP contribution in [0.1, 0.15) is 30.6 Å². The maximum atomic E-state index is 13.2. The van der Waals surface area contributed by atoms with E-state index in [1.54, 1.807) is 18.2 Å². The second-order valence-electron chi connectivity index (χ2n) is 8.25. The summed E-state index contributed by atoms with van der Waals surface area (Å²) in [5.41, 5.74) is 0.393. The first-order chi connectivity index (χ1) is 15.3. The van der Waals surface area contributed by atoms with Crippen molar-refractivity contribution in [3.8, 4) is 0 Å². The van der Waals surface area contributed by atoms with Crippen molar-refractivity contribution in [2.75, 3.05) is 37.6 Å². The van der Waals surface area contributed by atoms with E-state index in [0.717, 1.165) is 31.6 Å². The molecule has 3 rings (SSSR count). The molecule has 1 aliphatic heterocycles. The number of amides is 1. The molecule has 2 aromatic carbocycles. The van der Waals surface area contributed by atoms with Gasteiger partial charge in [-0.2, -0.15) is 0 Å². The van der Waals surface area contributed by atoms with E-state index in [4.69, 9.17) is 4.74 Å². The Kier molecular flexibility index (Phi) is 8.22. The number of benzene rings is 2. The summed E-state index contributed by atoms with van der Waals surface area (Å²) >= 11 is 0. The monoisotopic (exact) mass is 463 g/mol. The minimum atomic E-state index is -3.97. The van der Waals surface area contributed by atoms with Crippen LogP contribution in [0.5, 0.6) is 0 Å². The summed E-state index contributed by atoms with van der Waals surface area (Å²) in [6, 6.07) is 11.1. The lowest BCUT2D eigenvalue weighted by molar-refractivity contribution is 0.0124. The Balaban J connectivity index is 1.72. The zero-order chi connectivity index (χ0) is 23.1. The molecule has 2 aromatic rings. The van der Waals surface area contributed by atoms with Gasteiger partial charge in [0.25, 0.3) is 15.9 Å². The van der Waals surface area contributed by atoms with Crippen molar-refractivity contribution in [3.05, 3.63) is 59.9 Å². The Morgan fingerprint density at radius 1 is 1.09 bits per heavy atom. The third-order valence-corrected chi connectivity index (χ3v) is 6.73. The second kappa shape index (κ2) is 10.9. The first-order valence-electron chi connectivity index (χ1n) is 10.7. The molecule has 0 aliphatic carbocycles. The Morgan fingerprint density at radius 3 is 2.41 bits per heavy atom. The van der Waals surface area contributed by atoms with E-state index in [2.05, 4.69) is 28.8 Å². The van der Waals surface area contributed by atoms with Gasteiger partial charge in [-0.15, -0.1) is 0 Å². The Bertz CT molecular complexity index is 1010. The van der Waals surface area contributed by atoms with Gasteiger partial charge in [0.1, 0.15) is 5.82 Å². The number of nitrogens with zero attached hydrogens (tertiary/aromatic N) is 1. The van der Waals surface area contributed by atoms with Crippen molar-refractivity contribution in [3.63, 3.8) is 0 Å². The number of morpholine rings is 1. The van der Waals surface area contributed by atoms with Crippen LogP contribution in [0, 0.1) is 11.7 Å². The molecule has 0 aromatic heterocycles. The Hall–Kier alpha value is -2.49. The molecule has 2 N–H and O–H groups in total. The topological polar surface area (TPSA) is 87.7 Å². The highest BCUT2D eigenvalue weighted by Crippen LogP contribution is 2.21. The lowest BCUT2D eigenvalue weighted by atomic mass is 10.0. The number of hydrogen-bond donors (Lipinski definition) is 2. The quantitative estimate of drug-likeness (QED) is 0.597. The molecule has 7 nitrogen and oxygen atoms in total. The molecule has 0 bridgehead atoms. The predicted octanol–water partition coefficient (Wildman–Crippen LogP) is 3.10. The van der Waals surface area contributed by atoms with E-state index < -0.39 is 15.8 Å². The molecule has 1 unspecified atom stereocenters. The molecule has 0 radical (unpaired) electrons. The van der Waals surface area contributed by atoms with Crippen molar-refractivity contribution in [1.82, 2.24) is 10.2 Å². The fraction of sp³-hybridized carbons (Fsp3) is 0.435. The summed E-state index contributed by atoms with van der Waals surface area (Å²) in [5, 5.41) is 2.97. The molecule has 1 saturated heterocycles. The normalized spacial score (nSPS) is 16.0. The average Bonchev–Trinajstić information content (AvgIpc) is 2.77. The van der Waals surface area contributed by atoms with Gasteiger partial charge in [0.15, 0.2) is 0 Å². The van der Waals surface area contributed by atoms with Crippen molar-refractivity contribution in [1.29, 1.82) is 0 Å². The van der Waals surface area contributed by atoms with Crippen LogP contribution in [0.4, 0.5) is 10.1 Å². The summed E-state index contributed by atoms with van der Waals surface area (Å²) in [4.78, 5) is 15.2. The number of anilines is 1. The highest BCUT2D eigenvalue weighted by molar-refractivity contribution is 7.92. The van der Waals surface area contributed by atoms with Gasteiger partial charge >= 0.3 is 0 Å². The van der Waals surface area contributed by atoms with Crippen LogP contribution in [0.15, 0.2) is 53.4 Å². The Labute approximate surface area is 189 Å². The van der Waals surface area contributed by atoms with E-state index in [1.165, 1.54) is 18.2 Å². The van der Waals surface area contributed by atoms with Gasteiger partial charge in [-0.05, 0) is 48.7 Å². The van der Waals surface area contributed by atoms with E-state index in [1.807, 2.05) is 0 Å². The molecule has 1 atom stereocenters. The van der Waals surface area contributed by atoms with Gasteiger partial charge in [-0.25, -0.2) is 12.8 Å². The molecule has 1 aliphatic rings. The highest BCUT2D eigenvalue weighted by atomic mass is 32.2. The molecule has 0 saturated carbocycles. The van der Waals surface area contributed by atoms with Crippen LogP contribution in [-0.2, 0) is 14.8 Å². The zero-order valence-electron chi connectivity index (χ0n) is 18.4. The maximum absolute atomic E-state index is 13.2. The van der Waals surface area contributed by atoms with Gasteiger partial charge in [-0.1, -0.05) is 26.0 Å². The van der Waals surface area contributed by atoms with Crippen LogP contribution in [0.25, 0.3) is 0 Å². The van der Waals surface area contributed by atoms with Gasteiger partial charge in [0.2, 0.25) is 0 Å².